The number of aromatic hydroxyl groups is 1. The number of nitrogens with one attached hydrogen (secondary N) is 1. The molecule has 0 aliphatic carbocycles. The first-order chi connectivity index (χ1) is 12.1. The zero-order chi connectivity index (χ0) is 19.1. The number of aromatic amines is 1. The van der Waals surface area contributed by atoms with Crippen LogP contribution < -0.4 is 0 Å². The highest BCUT2D eigenvalue weighted by Crippen LogP contribution is 2.42. The van der Waals surface area contributed by atoms with Gasteiger partial charge in [0.2, 0.25) is 0 Å². The van der Waals surface area contributed by atoms with Crippen molar-refractivity contribution >= 4 is 0 Å². The number of phenols is 1. The lowest BCUT2D eigenvalue weighted by Crippen LogP contribution is -2.17. The molecule has 3 rings (SSSR count). The fourth-order valence-corrected chi connectivity index (χ4v) is 3.25. The number of hydrogen-bond acceptors (Lipinski definition) is 2. The van der Waals surface area contributed by atoms with Crippen LogP contribution in [0.1, 0.15) is 52.7 Å². The van der Waals surface area contributed by atoms with Crippen LogP contribution in [0, 0.1) is 0 Å². The Hall–Kier alpha value is -2.55. The molecular formula is C23H28N2O. The maximum Gasteiger partial charge on any atom is 0.123 e. The molecule has 2 N–H and O–H groups in total. The number of aromatic nitrogens is 2. The summed E-state index contributed by atoms with van der Waals surface area (Å²) in [4.78, 5) is 7.88. The quantitative estimate of drug-likeness (QED) is 0.593. The van der Waals surface area contributed by atoms with Crippen LogP contribution in [-0.2, 0) is 10.8 Å². The lowest BCUT2D eigenvalue weighted by Gasteiger charge is -2.28. The second-order valence-corrected chi connectivity index (χ2v) is 8.91. The van der Waals surface area contributed by atoms with E-state index >= 15 is 0 Å². The molecule has 0 spiro atoms. The Bertz CT molecular complexity index is 874. The van der Waals surface area contributed by atoms with Crippen LogP contribution in [0.5, 0.6) is 5.75 Å². The van der Waals surface area contributed by atoms with Crippen molar-refractivity contribution in [3.05, 3.63) is 59.9 Å². The Labute approximate surface area is 156 Å². The van der Waals surface area contributed by atoms with E-state index in [-0.39, 0.29) is 10.8 Å². The summed E-state index contributed by atoms with van der Waals surface area (Å²) in [7, 11) is 0. The standard InChI is InChI=1S/C23H28N2O/c1-22(2,3)17-12-16(13-18(21(17)26)23(4,5)6)20-19(24-14-25-20)15-10-8-7-9-11-15/h7-14,26H,1-6H3,(H,24,25). The van der Waals surface area contributed by atoms with Gasteiger partial charge in [0.05, 0.1) is 17.7 Å². The Morgan fingerprint density at radius 1 is 0.808 bits per heavy atom. The van der Waals surface area contributed by atoms with E-state index in [1.165, 1.54) is 0 Å². The van der Waals surface area contributed by atoms with Crippen molar-refractivity contribution in [3.63, 3.8) is 0 Å². The highest BCUT2D eigenvalue weighted by Gasteiger charge is 2.27. The molecule has 0 aliphatic rings. The Kier molecular flexibility index (Phi) is 4.43. The maximum atomic E-state index is 10.9. The molecule has 0 atom stereocenters. The smallest absolute Gasteiger partial charge is 0.123 e. The summed E-state index contributed by atoms with van der Waals surface area (Å²) in [6.07, 6.45) is 1.73. The molecule has 136 valence electrons. The minimum absolute atomic E-state index is 0.163. The van der Waals surface area contributed by atoms with Gasteiger partial charge in [0, 0.05) is 22.3 Å². The lowest BCUT2D eigenvalue weighted by atomic mass is 9.78. The highest BCUT2D eigenvalue weighted by atomic mass is 16.3. The van der Waals surface area contributed by atoms with Crippen LogP contribution in [0.2, 0.25) is 0 Å². The first kappa shape index (κ1) is 18.2. The van der Waals surface area contributed by atoms with Gasteiger partial charge in [0.1, 0.15) is 5.75 Å². The van der Waals surface area contributed by atoms with Crippen LogP contribution in [-0.4, -0.2) is 15.1 Å². The van der Waals surface area contributed by atoms with E-state index in [0.29, 0.717) is 5.75 Å². The molecule has 0 amide bonds. The van der Waals surface area contributed by atoms with Crippen LogP contribution in [0.4, 0.5) is 0 Å². The lowest BCUT2D eigenvalue weighted by molar-refractivity contribution is 0.423. The zero-order valence-electron chi connectivity index (χ0n) is 16.5. The van der Waals surface area contributed by atoms with E-state index in [4.69, 9.17) is 0 Å². The molecule has 0 radical (unpaired) electrons. The second-order valence-electron chi connectivity index (χ2n) is 8.91. The third-order valence-electron chi connectivity index (χ3n) is 4.70. The van der Waals surface area contributed by atoms with Gasteiger partial charge in [-0.1, -0.05) is 71.9 Å². The number of H-pyrrole nitrogens is 1. The van der Waals surface area contributed by atoms with Gasteiger partial charge in [-0.2, -0.15) is 0 Å². The minimum Gasteiger partial charge on any atom is -0.507 e. The molecule has 1 aromatic heterocycles. The summed E-state index contributed by atoms with van der Waals surface area (Å²) in [5.74, 6) is 0.394. The van der Waals surface area contributed by atoms with E-state index in [0.717, 1.165) is 33.6 Å². The van der Waals surface area contributed by atoms with Crippen molar-refractivity contribution in [1.82, 2.24) is 9.97 Å². The first-order valence-electron chi connectivity index (χ1n) is 9.06. The summed E-state index contributed by atoms with van der Waals surface area (Å²) in [5, 5.41) is 10.9. The van der Waals surface area contributed by atoms with Crippen molar-refractivity contribution in [1.29, 1.82) is 0 Å². The molecule has 0 unspecified atom stereocenters. The molecule has 3 aromatic rings. The predicted molar refractivity (Wildman–Crippen MR) is 109 cm³/mol. The van der Waals surface area contributed by atoms with Crippen LogP contribution in [0.3, 0.4) is 0 Å². The number of nitrogens with zero attached hydrogens (tertiary/aromatic N) is 1. The number of benzene rings is 2. The van der Waals surface area contributed by atoms with Gasteiger partial charge < -0.3 is 10.1 Å². The molecule has 2 aromatic carbocycles. The average Bonchev–Trinajstić information content (AvgIpc) is 3.03. The first-order valence-corrected chi connectivity index (χ1v) is 9.06. The summed E-state index contributed by atoms with van der Waals surface area (Å²) in [6.45, 7) is 12.8. The molecule has 3 heteroatoms. The number of rotatable bonds is 2. The van der Waals surface area contributed by atoms with E-state index in [1.807, 2.05) is 18.2 Å². The van der Waals surface area contributed by atoms with Crippen LogP contribution >= 0.6 is 0 Å². The molecule has 0 fully saturated rings. The van der Waals surface area contributed by atoms with Crippen LogP contribution in [0.15, 0.2) is 48.8 Å². The molecule has 0 saturated carbocycles. The Morgan fingerprint density at radius 2 is 1.35 bits per heavy atom. The predicted octanol–water partition coefficient (Wildman–Crippen LogP) is 6.04. The largest absolute Gasteiger partial charge is 0.507 e. The van der Waals surface area contributed by atoms with Crippen molar-refractivity contribution in [2.24, 2.45) is 0 Å². The van der Waals surface area contributed by atoms with E-state index in [2.05, 4.69) is 75.8 Å². The summed E-state index contributed by atoms with van der Waals surface area (Å²) in [6, 6.07) is 14.4. The third kappa shape index (κ3) is 3.39. The van der Waals surface area contributed by atoms with Gasteiger partial charge >= 0.3 is 0 Å². The Morgan fingerprint density at radius 3 is 1.85 bits per heavy atom. The van der Waals surface area contributed by atoms with Gasteiger partial charge in [-0.15, -0.1) is 0 Å². The van der Waals surface area contributed by atoms with Crippen molar-refractivity contribution in [2.45, 2.75) is 52.4 Å². The molecule has 0 saturated heterocycles. The van der Waals surface area contributed by atoms with E-state index < -0.39 is 0 Å². The summed E-state index contributed by atoms with van der Waals surface area (Å²) in [5.41, 5.74) is 5.60. The fraction of sp³-hybridized carbons (Fsp3) is 0.348. The van der Waals surface area contributed by atoms with Gasteiger partial charge in [-0.05, 0) is 23.0 Å². The van der Waals surface area contributed by atoms with Crippen molar-refractivity contribution in [3.8, 4) is 28.3 Å². The van der Waals surface area contributed by atoms with Gasteiger partial charge in [0.15, 0.2) is 0 Å². The van der Waals surface area contributed by atoms with E-state index in [1.54, 1.807) is 6.33 Å². The molecule has 0 bridgehead atoms. The van der Waals surface area contributed by atoms with Gasteiger partial charge in [-0.3, -0.25) is 0 Å². The maximum absolute atomic E-state index is 10.9. The van der Waals surface area contributed by atoms with E-state index in [9.17, 15) is 5.11 Å². The Balaban J connectivity index is 2.26. The minimum atomic E-state index is -0.163. The van der Waals surface area contributed by atoms with Crippen LogP contribution in [0.25, 0.3) is 22.5 Å². The zero-order valence-corrected chi connectivity index (χ0v) is 16.5. The molecule has 26 heavy (non-hydrogen) atoms. The van der Waals surface area contributed by atoms with Gasteiger partial charge in [0.25, 0.3) is 0 Å². The number of phenolic OH excluding ortho intramolecular Hbond substituents is 1. The highest BCUT2D eigenvalue weighted by molar-refractivity contribution is 5.79. The number of hydrogen-bond donors (Lipinski definition) is 2. The monoisotopic (exact) mass is 348 g/mol. The summed E-state index contributed by atoms with van der Waals surface area (Å²) >= 11 is 0. The third-order valence-corrected chi connectivity index (χ3v) is 4.70. The van der Waals surface area contributed by atoms with Crippen molar-refractivity contribution < 1.29 is 5.11 Å². The molecule has 3 nitrogen and oxygen atoms in total. The topological polar surface area (TPSA) is 48.9 Å². The number of imidazole rings is 1. The summed E-state index contributed by atoms with van der Waals surface area (Å²) < 4.78 is 0. The molecule has 1 heterocycles. The van der Waals surface area contributed by atoms with Crippen molar-refractivity contribution in [2.75, 3.05) is 0 Å². The normalized spacial score (nSPS) is 12.4. The van der Waals surface area contributed by atoms with Gasteiger partial charge in [-0.25, -0.2) is 4.98 Å². The second kappa shape index (κ2) is 6.31. The SMILES string of the molecule is CC(C)(C)c1cc(-c2nc[nH]c2-c2ccccc2)cc(C(C)(C)C)c1O. The average molecular weight is 348 g/mol. The molecular weight excluding hydrogens is 320 g/mol. The fourth-order valence-electron chi connectivity index (χ4n) is 3.25. The molecule has 0 aliphatic heterocycles.